The van der Waals surface area contributed by atoms with Gasteiger partial charge in [-0.05, 0) is 60.4 Å². The lowest BCUT2D eigenvalue weighted by Gasteiger charge is -2.25. The molecule has 0 unspecified atom stereocenters. The lowest BCUT2D eigenvalue weighted by atomic mass is 10.0. The van der Waals surface area contributed by atoms with E-state index >= 15 is 0 Å². The van der Waals surface area contributed by atoms with Crippen molar-refractivity contribution < 1.29 is 0 Å². The molecule has 0 atom stereocenters. The van der Waals surface area contributed by atoms with E-state index in [1.165, 1.54) is 42.1 Å². The molecule has 0 bridgehead atoms. The zero-order valence-corrected chi connectivity index (χ0v) is 17.1. The maximum atomic E-state index is 2.41. The normalized spacial score (nSPS) is 13.1. The molecule has 132 valence electrons. The van der Waals surface area contributed by atoms with Crippen LogP contribution in [0.1, 0.15) is 25.0 Å². The summed E-state index contributed by atoms with van der Waals surface area (Å²) in [5.74, 6) is 0. The predicted molar refractivity (Wildman–Crippen MR) is 114 cm³/mol. The molecule has 0 amide bonds. The van der Waals surface area contributed by atoms with Crippen LogP contribution >= 0.6 is 23.5 Å². The van der Waals surface area contributed by atoms with Gasteiger partial charge in [0.15, 0.2) is 0 Å². The fourth-order valence-corrected chi connectivity index (χ4v) is 5.77. The van der Waals surface area contributed by atoms with Gasteiger partial charge in [0.2, 0.25) is 0 Å². The second-order valence-electron chi connectivity index (χ2n) is 6.47. The average Bonchev–Trinajstić information content (AvgIpc) is 2.73. The topological polar surface area (TPSA) is 3.24 Å². The van der Waals surface area contributed by atoms with Gasteiger partial charge in [0.05, 0.1) is 11.4 Å². The van der Waals surface area contributed by atoms with Crippen molar-refractivity contribution in [2.45, 2.75) is 46.3 Å². The Morgan fingerprint density at radius 1 is 0.654 bits per heavy atom. The Morgan fingerprint density at radius 3 is 1.85 bits per heavy atom. The molecule has 0 aromatic heterocycles. The van der Waals surface area contributed by atoms with Gasteiger partial charge in [0.25, 0.3) is 0 Å². The Labute approximate surface area is 164 Å². The van der Waals surface area contributed by atoms with Gasteiger partial charge < -0.3 is 4.90 Å². The number of rotatable bonds is 2. The summed E-state index contributed by atoms with van der Waals surface area (Å²) in [6, 6.07) is 22.3. The molecule has 1 aliphatic heterocycles. The zero-order valence-electron chi connectivity index (χ0n) is 15.5. The van der Waals surface area contributed by atoms with E-state index in [1.807, 2.05) is 23.5 Å². The minimum Gasteiger partial charge on any atom is -0.343 e. The monoisotopic (exact) mass is 377 g/mol. The summed E-state index contributed by atoms with van der Waals surface area (Å²) in [6.45, 7) is 4.51. The Balaban J connectivity index is 1.99. The van der Waals surface area contributed by atoms with Crippen molar-refractivity contribution >= 4 is 34.9 Å². The molecule has 0 spiro atoms. The van der Waals surface area contributed by atoms with E-state index in [-0.39, 0.29) is 0 Å². The molecule has 0 aliphatic carbocycles. The molecule has 0 radical (unpaired) electrons. The van der Waals surface area contributed by atoms with E-state index < -0.39 is 0 Å². The quantitative estimate of drug-likeness (QED) is 0.465. The molecule has 3 heteroatoms. The summed E-state index contributed by atoms with van der Waals surface area (Å²) in [7, 11) is 2.19. The van der Waals surface area contributed by atoms with E-state index in [2.05, 4.69) is 86.5 Å². The van der Waals surface area contributed by atoms with Gasteiger partial charge >= 0.3 is 0 Å². The Hall–Kier alpha value is -1.84. The van der Waals surface area contributed by atoms with Crippen LogP contribution in [0.4, 0.5) is 11.4 Å². The van der Waals surface area contributed by atoms with Crippen molar-refractivity contribution in [2.75, 3.05) is 11.9 Å². The minimum atomic E-state index is 1.07. The molecule has 0 saturated carbocycles. The summed E-state index contributed by atoms with van der Waals surface area (Å²) in [4.78, 5) is 7.65. The highest BCUT2D eigenvalue weighted by molar-refractivity contribution is 8.02. The highest BCUT2D eigenvalue weighted by atomic mass is 32.2. The fourth-order valence-electron chi connectivity index (χ4n) is 3.46. The van der Waals surface area contributed by atoms with E-state index in [9.17, 15) is 0 Å². The van der Waals surface area contributed by atoms with Gasteiger partial charge in [0, 0.05) is 26.6 Å². The predicted octanol–water partition coefficient (Wildman–Crippen LogP) is 7.20. The fraction of sp³-hybridized carbons (Fsp3) is 0.217. The third-order valence-corrected chi connectivity index (χ3v) is 7.31. The molecule has 26 heavy (non-hydrogen) atoms. The third-order valence-electron chi connectivity index (χ3n) is 4.92. The van der Waals surface area contributed by atoms with E-state index in [4.69, 9.17) is 0 Å². The summed E-state index contributed by atoms with van der Waals surface area (Å²) < 4.78 is 0. The van der Waals surface area contributed by atoms with Crippen LogP contribution in [0.3, 0.4) is 0 Å². The van der Waals surface area contributed by atoms with Crippen LogP contribution in [0.2, 0.25) is 0 Å². The van der Waals surface area contributed by atoms with Crippen molar-refractivity contribution in [1.82, 2.24) is 0 Å². The number of fused-ring (bicyclic) bond motifs is 3. The van der Waals surface area contributed by atoms with Crippen LogP contribution in [-0.4, -0.2) is 7.05 Å². The first kappa shape index (κ1) is 17.6. The molecule has 0 saturated heterocycles. The van der Waals surface area contributed by atoms with E-state index in [0.29, 0.717) is 0 Å². The Morgan fingerprint density at radius 2 is 1.19 bits per heavy atom. The standard InChI is InChI=1S/C23H23NS2/c1-4-16-14-19-23(15-17(16)5-2)26-22-13-9-8-12-21(22)25-20-11-7-6-10-18(20)24(19)3/h6-15H,4-5H2,1-3H3. The highest BCUT2D eigenvalue weighted by Crippen LogP contribution is 2.48. The Kier molecular flexibility index (Phi) is 5.01. The van der Waals surface area contributed by atoms with Gasteiger partial charge in [-0.15, -0.1) is 0 Å². The van der Waals surface area contributed by atoms with Crippen LogP contribution in [0.5, 0.6) is 0 Å². The van der Waals surface area contributed by atoms with Gasteiger partial charge in [-0.3, -0.25) is 0 Å². The van der Waals surface area contributed by atoms with Gasteiger partial charge in [-0.2, -0.15) is 0 Å². The lowest BCUT2D eigenvalue weighted by Crippen LogP contribution is -2.12. The maximum Gasteiger partial charge on any atom is 0.0553 e. The molecular weight excluding hydrogens is 354 g/mol. The molecular formula is C23H23NS2. The van der Waals surface area contributed by atoms with Crippen molar-refractivity contribution in [3.05, 3.63) is 71.8 Å². The van der Waals surface area contributed by atoms with Crippen molar-refractivity contribution in [3.8, 4) is 0 Å². The molecule has 0 N–H and O–H groups in total. The second-order valence-corrected chi connectivity index (χ2v) is 8.64. The van der Waals surface area contributed by atoms with Crippen LogP contribution < -0.4 is 4.90 Å². The van der Waals surface area contributed by atoms with E-state index in [0.717, 1.165) is 12.8 Å². The summed E-state index contributed by atoms with van der Waals surface area (Å²) in [5.41, 5.74) is 5.48. The number of nitrogens with zero attached hydrogens (tertiary/aromatic N) is 1. The first-order chi connectivity index (χ1) is 12.7. The van der Waals surface area contributed by atoms with Gasteiger partial charge in [-0.25, -0.2) is 0 Å². The SMILES string of the molecule is CCc1cc2c(cc1CC)N(C)c1ccccc1Sc1ccccc1S2. The molecule has 0 fully saturated rings. The molecule has 3 aromatic rings. The largest absolute Gasteiger partial charge is 0.343 e. The molecule has 3 aromatic carbocycles. The van der Waals surface area contributed by atoms with Crippen LogP contribution in [0.25, 0.3) is 0 Å². The number of anilines is 2. The second kappa shape index (κ2) is 7.42. The Bertz CT molecular complexity index is 949. The first-order valence-corrected chi connectivity index (χ1v) is 10.8. The van der Waals surface area contributed by atoms with Crippen LogP contribution in [0, 0.1) is 0 Å². The maximum absolute atomic E-state index is 2.41. The molecule has 1 aliphatic rings. The van der Waals surface area contributed by atoms with Crippen molar-refractivity contribution in [2.24, 2.45) is 0 Å². The average molecular weight is 378 g/mol. The summed E-state index contributed by atoms with van der Waals surface area (Å²) in [5, 5.41) is 0. The number of hydrogen-bond acceptors (Lipinski definition) is 3. The highest BCUT2D eigenvalue weighted by Gasteiger charge is 2.20. The van der Waals surface area contributed by atoms with E-state index in [1.54, 1.807) is 0 Å². The minimum absolute atomic E-state index is 1.07. The van der Waals surface area contributed by atoms with Gasteiger partial charge in [-0.1, -0.05) is 61.6 Å². The summed E-state index contributed by atoms with van der Waals surface area (Å²) >= 11 is 3.75. The first-order valence-electron chi connectivity index (χ1n) is 9.14. The van der Waals surface area contributed by atoms with Crippen molar-refractivity contribution in [1.29, 1.82) is 0 Å². The number of hydrogen-bond donors (Lipinski definition) is 0. The number of benzene rings is 3. The van der Waals surface area contributed by atoms with Crippen molar-refractivity contribution in [3.63, 3.8) is 0 Å². The third kappa shape index (κ3) is 3.15. The smallest absolute Gasteiger partial charge is 0.0553 e. The molecule has 1 heterocycles. The number of aryl methyl sites for hydroxylation is 2. The van der Waals surface area contributed by atoms with Crippen LogP contribution in [0.15, 0.2) is 80.2 Å². The van der Waals surface area contributed by atoms with Crippen LogP contribution in [-0.2, 0) is 12.8 Å². The zero-order chi connectivity index (χ0) is 18.1. The lowest BCUT2D eigenvalue weighted by molar-refractivity contribution is 1.01. The number of para-hydroxylation sites is 1. The molecule has 4 rings (SSSR count). The van der Waals surface area contributed by atoms with Gasteiger partial charge in [0.1, 0.15) is 0 Å². The summed E-state index contributed by atoms with van der Waals surface area (Å²) in [6.07, 6.45) is 2.15. The molecule has 1 nitrogen and oxygen atoms in total.